The summed E-state index contributed by atoms with van der Waals surface area (Å²) in [4.78, 5) is 14.1. The molecule has 0 aromatic carbocycles. The predicted molar refractivity (Wildman–Crippen MR) is 64.0 cm³/mol. The minimum Gasteiger partial charge on any atom is -0.354 e. The van der Waals surface area contributed by atoms with Crippen LogP contribution >= 0.6 is 0 Å². The molecule has 0 spiro atoms. The minimum absolute atomic E-state index is 0.0673. The fourth-order valence-corrected chi connectivity index (χ4v) is 2.46. The van der Waals surface area contributed by atoms with Crippen molar-refractivity contribution < 1.29 is 4.79 Å². The number of nitrogens with one attached hydrogen (secondary N) is 1. The molecule has 4 nitrogen and oxygen atoms in total. The highest BCUT2D eigenvalue weighted by atomic mass is 16.2. The Bertz CT molecular complexity index is 255. The van der Waals surface area contributed by atoms with Gasteiger partial charge in [0.1, 0.15) is 0 Å². The first-order valence-corrected chi connectivity index (χ1v) is 6.36. The van der Waals surface area contributed by atoms with Gasteiger partial charge in [-0.2, -0.15) is 0 Å². The van der Waals surface area contributed by atoms with Gasteiger partial charge >= 0.3 is 0 Å². The molecule has 0 unspecified atom stereocenters. The normalized spacial score (nSPS) is 26.1. The predicted octanol–water partition coefficient (Wildman–Crippen LogP) is 0.326. The summed E-state index contributed by atoms with van der Waals surface area (Å²) in [5.41, 5.74) is 5.43. The Kier molecular flexibility index (Phi) is 3.50. The van der Waals surface area contributed by atoms with E-state index in [1.54, 1.807) is 0 Å². The van der Waals surface area contributed by atoms with Crippen LogP contribution < -0.4 is 11.1 Å². The van der Waals surface area contributed by atoms with Gasteiger partial charge in [-0.15, -0.1) is 0 Å². The van der Waals surface area contributed by atoms with Crippen LogP contribution in [0.1, 0.15) is 32.1 Å². The van der Waals surface area contributed by atoms with Crippen molar-refractivity contribution in [2.75, 3.05) is 26.7 Å². The standard InChI is InChI=1S/C12H23N3O/c1-15-7-3-10(4-8-15)9-14-11(16)12(13)5-2-6-12/h10H,2-9,13H2,1H3,(H,14,16). The first-order chi connectivity index (χ1) is 7.60. The number of nitrogens with zero attached hydrogens (tertiary/aromatic N) is 1. The molecule has 0 bridgehead atoms. The third-order valence-corrected chi connectivity index (χ3v) is 4.09. The number of hydrogen-bond donors (Lipinski definition) is 2. The average Bonchev–Trinajstić information content (AvgIpc) is 2.24. The number of carbonyl (C=O) groups excluding carboxylic acids is 1. The van der Waals surface area contributed by atoms with Crippen molar-refractivity contribution in [2.24, 2.45) is 11.7 Å². The summed E-state index contributed by atoms with van der Waals surface area (Å²) in [6.07, 6.45) is 5.18. The van der Waals surface area contributed by atoms with Gasteiger partial charge in [-0.25, -0.2) is 0 Å². The first-order valence-electron chi connectivity index (χ1n) is 6.36. The van der Waals surface area contributed by atoms with E-state index in [0.717, 1.165) is 38.9 Å². The summed E-state index contributed by atoms with van der Waals surface area (Å²) in [5, 5.41) is 3.03. The molecule has 0 radical (unpaired) electrons. The third-order valence-electron chi connectivity index (χ3n) is 4.09. The molecule has 2 rings (SSSR count). The Hall–Kier alpha value is -0.610. The van der Waals surface area contributed by atoms with Gasteiger partial charge in [0.2, 0.25) is 5.91 Å². The van der Waals surface area contributed by atoms with Crippen molar-refractivity contribution in [1.29, 1.82) is 0 Å². The number of likely N-dealkylation sites (tertiary alicyclic amines) is 1. The lowest BCUT2D eigenvalue weighted by Gasteiger charge is -2.37. The molecule has 2 fully saturated rings. The van der Waals surface area contributed by atoms with Gasteiger partial charge in [0.05, 0.1) is 5.54 Å². The maximum absolute atomic E-state index is 11.8. The molecule has 16 heavy (non-hydrogen) atoms. The molecular formula is C12H23N3O. The molecule has 3 N–H and O–H groups in total. The second-order valence-electron chi connectivity index (χ2n) is 5.47. The Labute approximate surface area is 97.6 Å². The monoisotopic (exact) mass is 225 g/mol. The van der Waals surface area contributed by atoms with Crippen molar-refractivity contribution >= 4 is 5.91 Å². The summed E-state index contributed by atoms with van der Waals surface area (Å²) in [7, 11) is 2.15. The smallest absolute Gasteiger partial charge is 0.240 e. The number of nitrogens with two attached hydrogens (primary N) is 1. The Morgan fingerprint density at radius 1 is 1.44 bits per heavy atom. The van der Waals surface area contributed by atoms with Crippen LogP contribution in [0.2, 0.25) is 0 Å². The molecular weight excluding hydrogens is 202 g/mol. The van der Waals surface area contributed by atoms with Crippen molar-refractivity contribution in [3.8, 4) is 0 Å². The minimum atomic E-state index is -0.536. The van der Waals surface area contributed by atoms with Crippen LogP contribution in [0.5, 0.6) is 0 Å². The number of amides is 1. The van der Waals surface area contributed by atoms with E-state index in [9.17, 15) is 4.79 Å². The summed E-state index contributed by atoms with van der Waals surface area (Å²) >= 11 is 0. The lowest BCUT2D eigenvalue weighted by atomic mass is 9.77. The molecule has 1 saturated carbocycles. The van der Waals surface area contributed by atoms with Gasteiger partial charge in [0, 0.05) is 6.54 Å². The first kappa shape index (κ1) is 11.9. The van der Waals surface area contributed by atoms with Gasteiger partial charge in [-0.3, -0.25) is 4.79 Å². The topological polar surface area (TPSA) is 58.4 Å². The van der Waals surface area contributed by atoms with Gasteiger partial charge in [0.15, 0.2) is 0 Å². The van der Waals surface area contributed by atoms with Crippen molar-refractivity contribution in [1.82, 2.24) is 10.2 Å². The van der Waals surface area contributed by atoms with Gasteiger partial charge < -0.3 is 16.0 Å². The molecule has 1 aliphatic carbocycles. The zero-order valence-corrected chi connectivity index (χ0v) is 10.2. The molecule has 1 heterocycles. The fourth-order valence-electron chi connectivity index (χ4n) is 2.46. The van der Waals surface area contributed by atoms with Crippen LogP contribution in [0.15, 0.2) is 0 Å². The molecule has 0 atom stereocenters. The third kappa shape index (κ3) is 2.55. The maximum Gasteiger partial charge on any atom is 0.240 e. The van der Waals surface area contributed by atoms with E-state index >= 15 is 0 Å². The van der Waals surface area contributed by atoms with Crippen LogP contribution in [0, 0.1) is 5.92 Å². The summed E-state index contributed by atoms with van der Waals surface area (Å²) in [6.45, 7) is 3.11. The highest BCUT2D eigenvalue weighted by molar-refractivity contribution is 5.86. The molecule has 1 aliphatic heterocycles. The Balaban J connectivity index is 1.69. The van der Waals surface area contributed by atoms with Crippen molar-refractivity contribution in [2.45, 2.75) is 37.6 Å². The molecule has 1 amide bonds. The fraction of sp³-hybridized carbons (Fsp3) is 0.917. The lowest BCUT2D eigenvalue weighted by molar-refractivity contribution is -0.129. The van der Waals surface area contributed by atoms with Crippen molar-refractivity contribution in [3.63, 3.8) is 0 Å². The quantitative estimate of drug-likeness (QED) is 0.727. The van der Waals surface area contributed by atoms with E-state index in [0.29, 0.717) is 5.92 Å². The van der Waals surface area contributed by atoms with E-state index in [-0.39, 0.29) is 5.91 Å². The van der Waals surface area contributed by atoms with Crippen LogP contribution in [-0.4, -0.2) is 43.0 Å². The van der Waals surface area contributed by atoms with Gasteiger partial charge in [-0.05, 0) is 58.2 Å². The number of hydrogen-bond acceptors (Lipinski definition) is 3. The zero-order chi connectivity index (χ0) is 11.6. The lowest BCUT2D eigenvalue weighted by Crippen LogP contribution is -2.59. The zero-order valence-electron chi connectivity index (χ0n) is 10.2. The second-order valence-corrected chi connectivity index (χ2v) is 5.47. The molecule has 92 valence electrons. The summed E-state index contributed by atoms with van der Waals surface area (Å²) < 4.78 is 0. The van der Waals surface area contributed by atoms with Crippen LogP contribution in [0.4, 0.5) is 0 Å². The van der Waals surface area contributed by atoms with E-state index < -0.39 is 5.54 Å². The number of piperidine rings is 1. The molecule has 0 aromatic heterocycles. The van der Waals surface area contributed by atoms with Gasteiger partial charge in [-0.1, -0.05) is 0 Å². The van der Waals surface area contributed by atoms with Crippen molar-refractivity contribution in [3.05, 3.63) is 0 Å². The molecule has 4 heteroatoms. The largest absolute Gasteiger partial charge is 0.354 e. The second kappa shape index (κ2) is 4.72. The van der Waals surface area contributed by atoms with E-state index in [2.05, 4.69) is 17.3 Å². The molecule has 2 aliphatic rings. The summed E-state index contributed by atoms with van der Waals surface area (Å²) in [6, 6.07) is 0. The van der Waals surface area contributed by atoms with Crippen LogP contribution in [0.25, 0.3) is 0 Å². The van der Waals surface area contributed by atoms with Gasteiger partial charge in [0.25, 0.3) is 0 Å². The molecule has 0 aromatic rings. The van der Waals surface area contributed by atoms with Crippen LogP contribution in [-0.2, 0) is 4.79 Å². The number of carbonyl (C=O) groups is 1. The number of rotatable bonds is 3. The SMILES string of the molecule is CN1CCC(CNC(=O)C2(N)CCC2)CC1. The van der Waals surface area contributed by atoms with E-state index in [4.69, 9.17) is 5.73 Å². The average molecular weight is 225 g/mol. The van der Waals surface area contributed by atoms with E-state index in [1.807, 2.05) is 0 Å². The molecule has 1 saturated heterocycles. The summed E-state index contributed by atoms with van der Waals surface area (Å²) in [5.74, 6) is 0.710. The highest BCUT2D eigenvalue weighted by Gasteiger charge is 2.40. The Morgan fingerprint density at radius 2 is 2.06 bits per heavy atom. The van der Waals surface area contributed by atoms with E-state index in [1.165, 1.54) is 12.8 Å². The highest BCUT2D eigenvalue weighted by Crippen LogP contribution is 2.29. The van der Waals surface area contributed by atoms with Crippen LogP contribution in [0.3, 0.4) is 0 Å². The maximum atomic E-state index is 11.8. The Morgan fingerprint density at radius 3 is 2.56 bits per heavy atom.